The van der Waals surface area contributed by atoms with Crippen LogP contribution in [0, 0.1) is 5.92 Å². The number of carbonyl (C=O) groups excluding carboxylic acids is 1. The normalized spacial score (nSPS) is 17.4. The lowest BCUT2D eigenvalue weighted by Gasteiger charge is -2.09. The minimum atomic E-state index is 0.293. The molecule has 0 aromatic rings. The van der Waals surface area contributed by atoms with Crippen molar-refractivity contribution in [3.63, 3.8) is 0 Å². The van der Waals surface area contributed by atoms with Gasteiger partial charge in [-0.05, 0) is 17.9 Å². The van der Waals surface area contributed by atoms with E-state index in [2.05, 4.69) is 13.8 Å². The van der Waals surface area contributed by atoms with Gasteiger partial charge >= 0.3 is 0 Å². The van der Waals surface area contributed by atoms with E-state index in [0.717, 1.165) is 12.0 Å². The Morgan fingerprint density at radius 3 is 2.82 bits per heavy atom. The van der Waals surface area contributed by atoms with Crippen molar-refractivity contribution in [3.05, 3.63) is 23.8 Å². The van der Waals surface area contributed by atoms with Crippen molar-refractivity contribution in [2.24, 2.45) is 5.92 Å². The summed E-state index contributed by atoms with van der Waals surface area (Å²) in [7, 11) is 0. The van der Waals surface area contributed by atoms with Crippen LogP contribution in [0.1, 0.15) is 26.7 Å². The van der Waals surface area contributed by atoms with Gasteiger partial charge in [0.1, 0.15) is 0 Å². The number of rotatable bonds is 2. The number of hydrogen-bond donors (Lipinski definition) is 0. The lowest BCUT2D eigenvalue weighted by molar-refractivity contribution is -0.115. The van der Waals surface area contributed by atoms with Gasteiger partial charge in [-0.25, -0.2) is 0 Å². The average Bonchev–Trinajstić information content (AvgIpc) is 1.93. The molecule has 0 fully saturated rings. The zero-order valence-electron chi connectivity index (χ0n) is 7.13. The van der Waals surface area contributed by atoms with E-state index >= 15 is 0 Å². The minimum Gasteiger partial charge on any atom is -0.294 e. The molecular weight excluding hydrogens is 136 g/mol. The summed E-state index contributed by atoms with van der Waals surface area (Å²) in [5.41, 5.74) is 0.988. The van der Waals surface area contributed by atoms with Crippen LogP contribution in [0.4, 0.5) is 0 Å². The Morgan fingerprint density at radius 1 is 1.55 bits per heavy atom. The molecule has 1 heteroatoms. The van der Waals surface area contributed by atoms with Crippen LogP contribution in [0.3, 0.4) is 0 Å². The fraction of sp³-hybridized carbons (Fsp3) is 0.500. The van der Waals surface area contributed by atoms with Crippen LogP contribution in [-0.4, -0.2) is 5.78 Å². The second-order valence-corrected chi connectivity index (χ2v) is 3.35. The molecule has 1 nitrogen and oxygen atoms in total. The first-order chi connectivity index (χ1) is 5.20. The van der Waals surface area contributed by atoms with Gasteiger partial charge < -0.3 is 0 Å². The molecule has 0 heterocycles. The van der Waals surface area contributed by atoms with Crippen molar-refractivity contribution in [3.8, 4) is 0 Å². The third-order valence-corrected chi connectivity index (χ3v) is 1.72. The zero-order valence-corrected chi connectivity index (χ0v) is 7.13. The van der Waals surface area contributed by atoms with Crippen molar-refractivity contribution in [1.29, 1.82) is 0 Å². The Balaban J connectivity index is 2.61. The van der Waals surface area contributed by atoms with E-state index in [1.54, 1.807) is 0 Å². The van der Waals surface area contributed by atoms with Crippen LogP contribution < -0.4 is 0 Å². The maximum absolute atomic E-state index is 11.2. The topological polar surface area (TPSA) is 17.1 Å². The van der Waals surface area contributed by atoms with Crippen LogP contribution in [0.5, 0.6) is 0 Å². The van der Waals surface area contributed by atoms with Crippen molar-refractivity contribution in [2.45, 2.75) is 26.7 Å². The van der Waals surface area contributed by atoms with Gasteiger partial charge in [0.05, 0.1) is 0 Å². The van der Waals surface area contributed by atoms with E-state index in [1.165, 1.54) is 0 Å². The van der Waals surface area contributed by atoms with E-state index in [0.29, 0.717) is 18.1 Å². The molecule has 0 amide bonds. The Morgan fingerprint density at radius 2 is 2.27 bits per heavy atom. The molecule has 1 rings (SSSR count). The van der Waals surface area contributed by atoms with E-state index in [1.807, 2.05) is 18.2 Å². The highest BCUT2D eigenvalue weighted by Gasteiger charge is 2.10. The number of hydrogen-bond acceptors (Lipinski definition) is 1. The quantitative estimate of drug-likeness (QED) is 0.591. The minimum absolute atomic E-state index is 0.293. The maximum atomic E-state index is 11.2. The summed E-state index contributed by atoms with van der Waals surface area (Å²) in [5, 5.41) is 0. The molecule has 0 radical (unpaired) electrons. The fourth-order valence-corrected chi connectivity index (χ4v) is 1.21. The zero-order chi connectivity index (χ0) is 8.27. The van der Waals surface area contributed by atoms with Crippen LogP contribution in [0.2, 0.25) is 0 Å². The van der Waals surface area contributed by atoms with Gasteiger partial charge in [-0.1, -0.05) is 32.1 Å². The Bertz CT molecular complexity index is 209. The van der Waals surface area contributed by atoms with Gasteiger partial charge in [0.15, 0.2) is 5.78 Å². The summed E-state index contributed by atoms with van der Waals surface area (Å²) in [6.07, 6.45) is 7.33. The molecule has 0 unspecified atom stereocenters. The molecule has 1 aliphatic carbocycles. The van der Waals surface area contributed by atoms with Crippen LogP contribution >= 0.6 is 0 Å². The SMILES string of the molecule is CC(C)CC1=CC=CCC1=O. The number of carbonyl (C=O) groups is 1. The van der Waals surface area contributed by atoms with Gasteiger partial charge in [0, 0.05) is 6.42 Å². The summed E-state index contributed by atoms with van der Waals surface area (Å²) < 4.78 is 0. The molecule has 0 atom stereocenters. The Hall–Kier alpha value is -0.850. The van der Waals surface area contributed by atoms with E-state index in [-0.39, 0.29) is 0 Å². The van der Waals surface area contributed by atoms with Gasteiger partial charge in [-0.2, -0.15) is 0 Å². The third-order valence-electron chi connectivity index (χ3n) is 1.72. The smallest absolute Gasteiger partial charge is 0.162 e. The number of ketones is 1. The lowest BCUT2D eigenvalue weighted by atomic mass is 9.95. The molecule has 0 aromatic heterocycles. The molecule has 0 N–H and O–H groups in total. The number of Topliss-reactive ketones (excluding diaryl/α,β-unsaturated/α-hetero) is 1. The molecule has 60 valence electrons. The standard InChI is InChI=1S/C10H14O/c1-8(2)7-9-5-3-4-6-10(9)11/h3-5,8H,6-7H2,1-2H3. The van der Waals surface area contributed by atoms with Crippen molar-refractivity contribution < 1.29 is 4.79 Å². The summed E-state index contributed by atoms with van der Waals surface area (Å²) >= 11 is 0. The first kappa shape index (κ1) is 8.25. The lowest BCUT2D eigenvalue weighted by Crippen LogP contribution is -2.06. The predicted octanol–water partition coefficient (Wildman–Crippen LogP) is 2.49. The highest BCUT2D eigenvalue weighted by molar-refractivity contribution is 5.97. The summed E-state index contributed by atoms with van der Waals surface area (Å²) in [4.78, 5) is 11.2. The van der Waals surface area contributed by atoms with Crippen LogP contribution in [0.15, 0.2) is 23.8 Å². The predicted molar refractivity (Wildman–Crippen MR) is 46.3 cm³/mol. The van der Waals surface area contributed by atoms with Gasteiger partial charge in [-0.3, -0.25) is 4.79 Å². The van der Waals surface area contributed by atoms with Gasteiger partial charge in [-0.15, -0.1) is 0 Å². The Kier molecular flexibility index (Phi) is 2.64. The van der Waals surface area contributed by atoms with E-state index < -0.39 is 0 Å². The van der Waals surface area contributed by atoms with Crippen molar-refractivity contribution >= 4 is 5.78 Å². The maximum Gasteiger partial charge on any atom is 0.162 e. The monoisotopic (exact) mass is 150 g/mol. The first-order valence-electron chi connectivity index (χ1n) is 4.09. The molecule has 11 heavy (non-hydrogen) atoms. The van der Waals surface area contributed by atoms with E-state index in [4.69, 9.17) is 0 Å². The highest BCUT2D eigenvalue weighted by atomic mass is 16.1. The second-order valence-electron chi connectivity index (χ2n) is 3.35. The summed E-state index contributed by atoms with van der Waals surface area (Å²) in [6.45, 7) is 4.26. The Labute approximate surface area is 67.8 Å². The molecule has 0 spiro atoms. The molecular formula is C10H14O. The molecule has 0 saturated carbocycles. The molecule has 1 aliphatic rings. The molecule has 0 saturated heterocycles. The van der Waals surface area contributed by atoms with Gasteiger partial charge in [0.25, 0.3) is 0 Å². The fourth-order valence-electron chi connectivity index (χ4n) is 1.21. The van der Waals surface area contributed by atoms with Crippen molar-refractivity contribution in [2.75, 3.05) is 0 Å². The third kappa shape index (κ3) is 2.34. The molecule has 0 aliphatic heterocycles. The average molecular weight is 150 g/mol. The highest BCUT2D eigenvalue weighted by Crippen LogP contribution is 2.16. The molecule has 0 bridgehead atoms. The summed E-state index contributed by atoms with van der Waals surface area (Å²) in [5.74, 6) is 0.873. The molecule has 0 aromatic carbocycles. The van der Waals surface area contributed by atoms with Crippen molar-refractivity contribution in [1.82, 2.24) is 0 Å². The van der Waals surface area contributed by atoms with Crippen LogP contribution in [-0.2, 0) is 4.79 Å². The second kappa shape index (κ2) is 3.51. The largest absolute Gasteiger partial charge is 0.294 e. The van der Waals surface area contributed by atoms with Crippen LogP contribution in [0.25, 0.3) is 0 Å². The first-order valence-corrected chi connectivity index (χ1v) is 4.09. The summed E-state index contributed by atoms with van der Waals surface area (Å²) in [6, 6.07) is 0. The number of allylic oxidation sites excluding steroid dienone is 4. The van der Waals surface area contributed by atoms with E-state index in [9.17, 15) is 4.79 Å². The van der Waals surface area contributed by atoms with Gasteiger partial charge in [0.2, 0.25) is 0 Å².